The molecule has 0 amide bonds. The predicted octanol–water partition coefficient (Wildman–Crippen LogP) is 3.57. The summed E-state index contributed by atoms with van der Waals surface area (Å²) in [5.41, 5.74) is 2.45. The van der Waals surface area contributed by atoms with Crippen molar-refractivity contribution in [3.05, 3.63) is 51.3 Å². The number of hydrogen-bond acceptors (Lipinski definition) is 4. The molecule has 0 aliphatic heterocycles. The third-order valence-corrected chi connectivity index (χ3v) is 5.41. The molecule has 0 fully saturated rings. The van der Waals surface area contributed by atoms with Gasteiger partial charge in [0.15, 0.2) is 5.96 Å². The van der Waals surface area contributed by atoms with Crippen LogP contribution in [0.1, 0.15) is 16.3 Å². The van der Waals surface area contributed by atoms with Gasteiger partial charge in [-0.3, -0.25) is 4.99 Å². The largest absolute Gasteiger partial charge is 0.356 e. The molecule has 0 saturated heterocycles. The summed E-state index contributed by atoms with van der Waals surface area (Å²) in [6.07, 6.45) is 0.909. The second kappa shape index (κ2) is 7.57. The fourth-order valence-corrected chi connectivity index (χ4v) is 4.01. The van der Waals surface area contributed by atoms with Crippen molar-refractivity contribution < 1.29 is 0 Å². The molecule has 0 aliphatic carbocycles. The number of aliphatic imine (C=N–C) groups is 1. The molecule has 6 heteroatoms. The van der Waals surface area contributed by atoms with Gasteiger partial charge in [0.25, 0.3) is 0 Å². The zero-order valence-corrected chi connectivity index (χ0v) is 14.9. The quantitative estimate of drug-likeness (QED) is 0.549. The summed E-state index contributed by atoms with van der Waals surface area (Å²) < 4.78 is 1.33. The lowest BCUT2D eigenvalue weighted by molar-refractivity contribution is 0.788. The maximum atomic E-state index is 4.47. The van der Waals surface area contributed by atoms with Crippen LogP contribution in [0, 0.1) is 6.92 Å². The number of rotatable bonds is 5. The number of hydrogen-bond donors (Lipinski definition) is 2. The molecular formula is C17H20N4S2. The molecule has 23 heavy (non-hydrogen) atoms. The van der Waals surface area contributed by atoms with Gasteiger partial charge < -0.3 is 10.6 Å². The van der Waals surface area contributed by atoms with Crippen LogP contribution in [0.5, 0.6) is 0 Å². The number of nitrogens with one attached hydrogen (secondary N) is 2. The van der Waals surface area contributed by atoms with E-state index >= 15 is 0 Å². The second-order valence-corrected chi connectivity index (χ2v) is 7.19. The summed E-state index contributed by atoms with van der Waals surface area (Å²) in [5, 5.41) is 13.5. The van der Waals surface area contributed by atoms with Crippen LogP contribution in [-0.4, -0.2) is 24.5 Å². The van der Waals surface area contributed by atoms with Gasteiger partial charge in [-0.2, -0.15) is 0 Å². The average Bonchev–Trinajstić information content (AvgIpc) is 3.17. The van der Waals surface area contributed by atoms with Gasteiger partial charge >= 0.3 is 0 Å². The van der Waals surface area contributed by atoms with Gasteiger partial charge in [-0.15, -0.1) is 22.7 Å². The summed E-state index contributed by atoms with van der Waals surface area (Å²) >= 11 is 3.48. The van der Waals surface area contributed by atoms with E-state index in [1.54, 1.807) is 29.7 Å². The highest BCUT2D eigenvalue weighted by Gasteiger charge is 2.05. The van der Waals surface area contributed by atoms with Gasteiger partial charge in [0.2, 0.25) is 0 Å². The van der Waals surface area contributed by atoms with Crippen molar-refractivity contribution in [1.29, 1.82) is 0 Å². The Bertz CT molecular complexity index is 804. The first kappa shape index (κ1) is 16.0. The SMILES string of the molecule is CN=C(NCCc1csc(C)n1)NCc1csc2ccccc12. The number of guanidine groups is 1. The average molecular weight is 345 g/mol. The van der Waals surface area contributed by atoms with Crippen LogP contribution in [0.15, 0.2) is 40.0 Å². The van der Waals surface area contributed by atoms with Crippen LogP contribution >= 0.6 is 22.7 Å². The minimum Gasteiger partial charge on any atom is -0.356 e. The molecule has 0 spiro atoms. The molecule has 3 aromatic rings. The Morgan fingerprint density at radius 2 is 2.04 bits per heavy atom. The van der Waals surface area contributed by atoms with Crippen LogP contribution < -0.4 is 10.6 Å². The number of nitrogens with zero attached hydrogens (tertiary/aromatic N) is 2. The van der Waals surface area contributed by atoms with E-state index in [1.165, 1.54) is 15.6 Å². The minimum absolute atomic E-state index is 0.777. The maximum absolute atomic E-state index is 4.47. The van der Waals surface area contributed by atoms with Crippen molar-refractivity contribution >= 4 is 38.7 Å². The molecule has 1 aromatic carbocycles. The van der Waals surface area contributed by atoms with E-state index in [2.05, 4.69) is 55.6 Å². The summed E-state index contributed by atoms with van der Waals surface area (Å²) in [6, 6.07) is 8.49. The molecule has 2 N–H and O–H groups in total. The van der Waals surface area contributed by atoms with Gasteiger partial charge in [0.1, 0.15) is 0 Å². The van der Waals surface area contributed by atoms with E-state index < -0.39 is 0 Å². The van der Waals surface area contributed by atoms with Crippen molar-refractivity contribution in [2.75, 3.05) is 13.6 Å². The Morgan fingerprint density at radius 1 is 1.17 bits per heavy atom. The first-order valence-corrected chi connectivity index (χ1v) is 9.33. The maximum Gasteiger partial charge on any atom is 0.191 e. The van der Waals surface area contributed by atoms with E-state index in [1.807, 2.05) is 6.92 Å². The molecule has 2 heterocycles. The van der Waals surface area contributed by atoms with Crippen LogP contribution in [0.25, 0.3) is 10.1 Å². The third-order valence-electron chi connectivity index (χ3n) is 3.57. The van der Waals surface area contributed by atoms with E-state index in [0.29, 0.717) is 0 Å². The van der Waals surface area contributed by atoms with Crippen molar-refractivity contribution in [1.82, 2.24) is 15.6 Å². The summed E-state index contributed by atoms with van der Waals surface area (Å²) in [6.45, 7) is 3.64. The lowest BCUT2D eigenvalue weighted by atomic mass is 10.2. The normalized spacial score (nSPS) is 11.8. The Balaban J connectivity index is 1.51. The fraction of sp³-hybridized carbons (Fsp3) is 0.294. The van der Waals surface area contributed by atoms with Gasteiger partial charge in [-0.25, -0.2) is 4.98 Å². The standard InChI is InChI=1S/C17H20N4S2/c1-12-21-14(11-22-12)7-8-19-17(18-2)20-9-13-10-23-16-6-4-3-5-15(13)16/h3-6,10-11H,7-9H2,1-2H3,(H2,18,19,20). The number of thiazole rings is 1. The molecule has 0 atom stereocenters. The lowest BCUT2D eigenvalue weighted by Gasteiger charge is -2.11. The predicted molar refractivity (Wildman–Crippen MR) is 101 cm³/mol. The zero-order valence-electron chi connectivity index (χ0n) is 13.3. The fourth-order valence-electron chi connectivity index (χ4n) is 2.40. The first-order valence-electron chi connectivity index (χ1n) is 7.57. The minimum atomic E-state index is 0.777. The highest BCUT2D eigenvalue weighted by atomic mass is 32.1. The van der Waals surface area contributed by atoms with Gasteiger partial charge in [0.05, 0.1) is 10.7 Å². The molecule has 0 bridgehead atoms. The Kier molecular flexibility index (Phi) is 5.25. The van der Waals surface area contributed by atoms with Gasteiger partial charge in [-0.05, 0) is 29.3 Å². The van der Waals surface area contributed by atoms with Crippen LogP contribution in [0.3, 0.4) is 0 Å². The molecule has 4 nitrogen and oxygen atoms in total. The number of fused-ring (bicyclic) bond motifs is 1. The zero-order chi connectivity index (χ0) is 16.1. The van der Waals surface area contributed by atoms with Crippen molar-refractivity contribution in [2.24, 2.45) is 4.99 Å². The van der Waals surface area contributed by atoms with Crippen LogP contribution in [0.2, 0.25) is 0 Å². The van der Waals surface area contributed by atoms with Crippen molar-refractivity contribution in [3.8, 4) is 0 Å². The highest BCUT2D eigenvalue weighted by Crippen LogP contribution is 2.25. The van der Waals surface area contributed by atoms with E-state index in [9.17, 15) is 0 Å². The number of benzene rings is 1. The third kappa shape index (κ3) is 4.09. The van der Waals surface area contributed by atoms with E-state index in [0.717, 1.165) is 36.2 Å². The topological polar surface area (TPSA) is 49.3 Å². The van der Waals surface area contributed by atoms with Crippen molar-refractivity contribution in [2.45, 2.75) is 19.9 Å². The van der Waals surface area contributed by atoms with E-state index in [-0.39, 0.29) is 0 Å². The van der Waals surface area contributed by atoms with Crippen LogP contribution in [-0.2, 0) is 13.0 Å². The lowest BCUT2D eigenvalue weighted by Crippen LogP contribution is -2.37. The monoisotopic (exact) mass is 344 g/mol. The Morgan fingerprint density at radius 3 is 2.83 bits per heavy atom. The Hall–Kier alpha value is -1.92. The molecule has 120 valence electrons. The summed E-state index contributed by atoms with van der Waals surface area (Å²) in [5.74, 6) is 0.826. The highest BCUT2D eigenvalue weighted by molar-refractivity contribution is 7.17. The Labute approximate surface area is 144 Å². The van der Waals surface area contributed by atoms with Crippen molar-refractivity contribution in [3.63, 3.8) is 0 Å². The summed E-state index contributed by atoms with van der Waals surface area (Å²) in [4.78, 5) is 8.76. The molecule has 0 saturated carbocycles. The van der Waals surface area contributed by atoms with E-state index in [4.69, 9.17) is 0 Å². The molecule has 0 radical (unpaired) electrons. The molecule has 3 rings (SSSR count). The smallest absolute Gasteiger partial charge is 0.191 e. The van der Waals surface area contributed by atoms with Crippen LogP contribution in [0.4, 0.5) is 0 Å². The second-order valence-electron chi connectivity index (χ2n) is 5.22. The molecule has 0 unspecified atom stereocenters. The molecular weight excluding hydrogens is 324 g/mol. The molecule has 2 aromatic heterocycles. The van der Waals surface area contributed by atoms with Gasteiger partial charge in [-0.1, -0.05) is 18.2 Å². The number of aromatic nitrogens is 1. The first-order chi connectivity index (χ1) is 11.3. The summed E-state index contributed by atoms with van der Waals surface area (Å²) in [7, 11) is 1.80. The molecule has 0 aliphatic rings. The van der Waals surface area contributed by atoms with Gasteiger partial charge in [0, 0.05) is 36.6 Å². The number of thiophene rings is 1. The number of aryl methyl sites for hydroxylation is 1.